The molecule has 1 fully saturated rings. The molecule has 0 aromatic heterocycles. The maximum absolute atomic E-state index is 13.0. The lowest BCUT2D eigenvalue weighted by Gasteiger charge is -2.40. The van der Waals surface area contributed by atoms with E-state index in [1.807, 2.05) is 6.92 Å². The molecule has 1 amide bonds. The van der Waals surface area contributed by atoms with Gasteiger partial charge in [-0.05, 0) is 50.8 Å². The molecular formula is C16H23ClFN2O+. The minimum atomic E-state index is -0.409. The maximum atomic E-state index is 13.0. The van der Waals surface area contributed by atoms with Crippen LogP contribution in [0, 0.1) is 5.82 Å². The van der Waals surface area contributed by atoms with Crippen LogP contribution in [-0.2, 0) is 4.79 Å². The van der Waals surface area contributed by atoms with E-state index in [1.165, 1.54) is 43.9 Å². The van der Waals surface area contributed by atoms with Crippen LogP contribution in [-0.4, -0.2) is 36.6 Å². The average molecular weight is 314 g/mol. The van der Waals surface area contributed by atoms with Gasteiger partial charge in [-0.15, -0.1) is 0 Å². The Bertz CT molecular complexity index is 527. The number of nitrogens with one attached hydrogen (secondary N) is 1. The molecule has 1 aromatic carbocycles. The molecule has 1 aliphatic carbocycles. The Kier molecular flexibility index (Phi) is 4.89. The van der Waals surface area contributed by atoms with Crippen LogP contribution >= 0.6 is 11.6 Å². The Morgan fingerprint density at radius 1 is 1.38 bits per heavy atom. The molecular weight excluding hydrogens is 291 g/mol. The highest BCUT2D eigenvalue weighted by Gasteiger charge is 2.39. The summed E-state index contributed by atoms with van der Waals surface area (Å²) in [4.78, 5) is 12.5. The van der Waals surface area contributed by atoms with E-state index in [-0.39, 0.29) is 17.0 Å². The zero-order valence-corrected chi connectivity index (χ0v) is 13.6. The number of rotatable bonds is 4. The third-order valence-corrected chi connectivity index (χ3v) is 5.15. The van der Waals surface area contributed by atoms with Crippen molar-refractivity contribution >= 4 is 23.2 Å². The number of carbonyl (C=O) groups is 1. The Labute approximate surface area is 130 Å². The van der Waals surface area contributed by atoms with Gasteiger partial charge >= 0.3 is 0 Å². The molecule has 0 saturated heterocycles. The second kappa shape index (κ2) is 6.32. The molecule has 5 heteroatoms. The normalized spacial score (nSPS) is 17.8. The minimum absolute atomic E-state index is 0.0830. The number of hydrogen-bond acceptors (Lipinski definition) is 1. The third-order valence-electron chi connectivity index (χ3n) is 4.83. The smallest absolute Gasteiger partial charge is 0.282 e. The largest absolute Gasteiger partial charge is 0.320 e. The third kappa shape index (κ3) is 3.55. The fourth-order valence-electron chi connectivity index (χ4n) is 3.02. The number of hydrogen-bond donors (Lipinski definition) is 1. The fraction of sp³-hybridized carbons (Fsp3) is 0.562. The summed E-state index contributed by atoms with van der Waals surface area (Å²) in [6.07, 6.45) is 4.82. The van der Waals surface area contributed by atoms with Crippen molar-refractivity contribution in [2.24, 2.45) is 0 Å². The second-order valence-corrected chi connectivity index (χ2v) is 6.76. The predicted molar refractivity (Wildman–Crippen MR) is 83.9 cm³/mol. The van der Waals surface area contributed by atoms with Crippen molar-refractivity contribution in [3.63, 3.8) is 0 Å². The molecule has 3 nitrogen and oxygen atoms in total. The van der Waals surface area contributed by atoms with Gasteiger partial charge < -0.3 is 9.80 Å². The highest BCUT2D eigenvalue weighted by atomic mass is 35.5. The van der Waals surface area contributed by atoms with Gasteiger partial charge in [0, 0.05) is 0 Å². The molecule has 1 saturated carbocycles. The summed E-state index contributed by atoms with van der Waals surface area (Å²) in [6.45, 7) is 1.94. The van der Waals surface area contributed by atoms with Crippen LogP contribution in [0.1, 0.15) is 32.6 Å². The quantitative estimate of drug-likeness (QED) is 0.841. The standard InChI is InChI=1S/C16H22ClFN2O/c1-11(20(2,3)13-6-4-5-7-13)16(21)19-15-9-8-12(18)10-14(15)17/h8-11,13H,4-7H2,1-3H3/p+1/t11-/m0/s1. The summed E-state index contributed by atoms with van der Waals surface area (Å²) >= 11 is 5.96. The van der Waals surface area contributed by atoms with E-state index in [1.54, 1.807) is 0 Å². The number of benzene rings is 1. The molecule has 0 unspecified atom stereocenters. The summed E-state index contributed by atoms with van der Waals surface area (Å²) in [6, 6.07) is 4.34. The summed E-state index contributed by atoms with van der Waals surface area (Å²) < 4.78 is 13.7. The van der Waals surface area contributed by atoms with Gasteiger partial charge in [-0.3, -0.25) is 4.79 Å². The summed E-state index contributed by atoms with van der Waals surface area (Å²) in [5.74, 6) is -0.492. The first-order valence-corrected chi connectivity index (χ1v) is 7.79. The van der Waals surface area contributed by atoms with Crippen molar-refractivity contribution < 1.29 is 13.7 Å². The van der Waals surface area contributed by atoms with Gasteiger partial charge in [-0.25, -0.2) is 4.39 Å². The predicted octanol–water partition coefficient (Wildman–Crippen LogP) is 3.83. The molecule has 1 N–H and O–H groups in total. The van der Waals surface area contributed by atoms with Gasteiger partial charge in [0.15, 0.2) is 6.04 Å². The molecule has 0 heterocycles. The fourth-order valence-corrected chi connectivity index (χ4v) is 3.23. The van der Waals surface area contributed by atoms with E-state index < -0.39 is 5.82 Å². The van der Waals surface area contributed by atoms with E-state index in [0.29, 0.717) is 16.2 Å². The number of anilines is 1. The van der Waals surface area contributed by atoms with Crippen molar-refractivity contribution in [1.29, 1.82) is 0 Å². The van der Waals surface area contributed by atoms with Crippen LogP contribution in [0.5, 0.6) is 0 Å². The van der Waals surface area contributed by atoms with Gasteiger partial charge in [0.05, 0.1) is 30.8 Å². The van der Waals surface area contributed by atoms with E-state index in [2.05, 4.69) is 19.4 Å². The Morgan fingerprint density at radius 3 is 2.57 bits per heavy atom. The lowest BCUT2D eigenvalue weighted by Crippen LogP contribution is -2.58. The summed E-state index contributed by atoms with van der Waals surface area (Å²) in [5, 5.41) is 3.04. The summed E-state index contributed by atoms with van der Waals surface area (Å²) in [5.41, 5.74) is 0.460. The number of amides is 1. The highest BCUT2D eigenvalue weighted by Crippen LogP contribution is 2.30. The van der Waals surface area contributed by atoms with Crippen LogP contribution in [0.4, 0.5) is 10.1 Å². The molecule has 0 radical (unpaired) electrons. The van der Waals surface area contributed by atoms with Crippen LogP contribution in [0.2, 0.25) is 5.02 Å². The van der Waals surface area contributed by atoms with E-state index in [9.17, 15) is 9.18 Å². The first kappa shape index (κ1) is 16.2. The highest BCUT2D eigenvalue weighted by molar-refractivity contribution is 6.33. The number of halogens is 2. The monoisotopic (exact) mass is 313 g/mol. The van der Waals surface area contributed by atoms with E-state index in [0.717, 1.165) is 0 Å². The molecule has 0 aliphatic heterocycles. The maximum Gasteiger partial charge on any atom is 0.282 e. The zero-order chi connectivity index (χ0) is 15.6. The number of quaternary nitrogens is 1. The first-order valence-electron chi connectivity index (χ1n) is 7.41. The van der Waals surface area contributed by atoms with Crippen molar-refractivity contribution in [3.05, 3.63) is 29.0 Å². The van der Waals surface area contributed by atoms with Gasteiger partial charge in [-0.1, -0.05) is 11.6 Å². The van der Waals surface area contributed by atoms with Crippen molar-refractivity contribution in [3.8, 4) is 0 Å². The molecule has 0 bridgehead atoms. The SMILES string of the molecule is C[C@@H](C(=O)Nc1ccc(F)cc1Cl)[N+](C)(C)C1CCCC1. The molecule has 1 aromatic rings. The lowest BCUT2D eigenvalue weighted by molar-refractivity contribution is -0.927. The first-order chi connectivity index (χ1) is 9.82. The Hall–Kier alpha value is -1.13. The Balaban J connectivity index is 2.08. The van der Waals surface area contributed by atoms with Gasteiger partial charge in [0.1, 0.15) is 5.82 Å². The molecule has 116 valence electrons. The number of likely N-dealkylation sites (N-methyl/N-ethyl adjacent to an activating group) is 1. The Morgan fingerprint density at radius 2 is 2.00 bits per heavy atom. The average Bonchev–Trinajstić information content (AvgIpc) is 2.95. The van der Waals surface area contributed by atoms with Crippen LogP contribution in [0.15, 0.2) is 18.2 Å². The summed E-state index contributed by atoms with van der Waals surface area (Å²) in [7, 11) is 4.21. The lowest BCUT2D eigenvalue weighted by atomic mass is 10.1. The molecule has 1 aliphatic rings. The van der Waals surface area contributed by atoms with Crippen LogP contribution in [0.25, 0.3) is 0 Å². The topological polar surface area (TPSA) is 29.1 Å². The van der Waals surface area contributed by atoms with Crippen molar-refractivity contribution in [2.45, 2.75) is 44.7 Å². The van der Waals surface area contributed by atoms with Crippen molar-refractivity contribution in [2.75, 3.05) is 19.4 Å². The van der Waals surface area contributed by atoms with E-state index in [4.69, 9.17) is 11.6 Å². The number of nitrogens with zero attached hydrogens (tertiary/aromatic N) is 1. The molecule has 0 spiro atoms. The van der Waals surface area contributed by atoms with E-state index >= 15 is 0 Å². The molecule has 21 heavy (non-hydrogen) atoms. The minimum Gasteiger partial charge on any atom is -0.320 e. The second-order valence-electron chi connectivity index (χ2n) is 6.36. The molecule has 1 atom stereocenters. The van der Waals surface area contributed by atoms with Crippen molar-refractivity contribution in [1.82, 2.24) is 0 Å². The number of carbonyl (C=O) groups excluding carboxylic acids is 1. The van der Waals surface area contributed by atoms with Crippen LogP contribution < -0.4 is 5.32 Å². The zero-order valence-electron chi connectivity index (χ0n) is 12.8. The van der Waals surface area contributed by atoms with Gasteiger partial charge in [0.25, 0.3) is 5.91 Å². The molecule has 2 rings (SSSR count). The van der Waals surface area contributed by atoms with Crippen LogP contribution in [0.3, 0.4) is 0 Å². The van der Waals surface area contributed by atoms with Gasteiger partial charge in [-0.2, -0.15) is 0 Å². The van der Waals surface area contributed by atoms with Gasteiger partial charge in [0.2, 0.25) is 0 Å².